The lowest BCUT2D eigenvalue weighted by molar-refractivity contribution is -0.136. The molecular weight excluding hydrogens is 636 g/mol. The number of nitriles is 1. The Morgan fingerprint density at radius 2 is 1.74 bits per heavy atom. The number of fused-ring (bicyclic) bond motifs is 1. The van der Waals surface area contributed by atoms with Gasteiger partial charge < -0.3 is 15.1 Å². The normalized spacial score (nSPS) is 21.1. The Kier molecular flexibility index (Phi) is 7.63. The summed E-state index contributed by atoms with van der Waals surface area (Å²) in [5, 5.41) is 19.5. The van der Waals surface area contributed by atoms with Crippen molar-refractivity contribution >= 4 is 46.6 Å². The van der Waals surface area contributed by atoms with E-state index < -0.39 is 35.2 Å². The van der Waals surface area contributed by atoms with Gasteiger partial charge in [-0.05, 0) is 74.9 Å². The topological polar surface area (TPSA) is 161 Å². The monoisotopic (exact) mass is 670 g/mol. The van der Waals surface area contributed by atoms with Gasteiger partial charge in [-0.15, -0.1) is 0 Å². The molecule has 0 radical (unpaired) electrons. The van der Waals surface area contributed by atoms with Crippen molar-refractivity contribution in [2.75, 3.05) is 41.3 Å². The van der Waals surface area contributed by atoms with Gasteiger partial charge in [0.05, 0.1) is 40.1 Å². The summed E-state index contributed by atoms with van der Waals surface area (Å²) in [5.41, 5.74) is 3.32. The zero-order valence-corrected chi connectivity index (χ0v) is 27.3. The molecule has 4 aliphatic heterocycles. The van der Waals surface area contributed by atoms with E-state index in [1.807, 2.05) is 12.3 Å². The van der Waals surface area contributed by atoms with E-state index in [0.29, 0.717) is 42.7 Å². The Labute approximate surface area is 288 Å². The molecule has 2 N–H and O–H groups in total. The second-order valence-corrected chi connectivity index (χ2v) is 13.6. The van der Waals surface area contributed by atoms with Gasteiger partial charge in [0.2, 0.25) is 11.8 Å². The van der Waals surface area contributed by atoms with Gasteiger partial charge in [-0.3, -0.25) is 38.9 Å². The Morgan fingerprint density at radius 3 is 2.46 bits per heavy atom. The van der Waals surface area contributed by atoms with Crippen molar-refractivity contribution < 1.29 is 24.0 Å². The van der Waals surface area contributed by atoms with Gasteiger partial charge in [0.25, 0.3) is 17.7 Å². The number of amides is 5. The van der Waals surface area contributed by atoms with E-state index in [2.05, 4.69) is 43.4 Å². The van der Waals surface area contributed by atoms with Crippen molar-refractivity contribution in [2.45, 2.75) is 56.5 Å². The minimum atomic E-state index is -1.000. The molecule has 2 aromatic carbocycles. The number of piperidine rings is 1. The molecule has 1 aromatic heterocycles. The van der Waals surface area contributed by atoms with Crippen LogP contribution in [-0.4, -0.2) is 76.4 Å². The highest BCUT2D eigenvalue weighted by Crippen LogP contribution is 2.40. The molecule has 5 aliphatic rings. The number of rotatable bonds is 6. The summed E-state index contributed by atoms with van der Waals surface area (Å²) in [5.74, 6) is 4.35. The van der Waals surface area contributed by atoms with E-state index in [9.17, 15) is 29.2 Å². The minimum absolute atomic E-state index is 0.0713. The second kappa shape index (κ2) is 12.2. The number of imide groups is 2. The number of anilines is 3. The maximum absolute atomic E-state index is 13.7. The van der Waals surface area contributed by atoms with Crippen LogP contribution in [0.5, 0.6) is 0 Å². The van der Waals surface area contributed by atoms with Crippen LogP contribution in [0.1, 0.15) is 76.8 Å². The quantitative estimate of drug-likeness (QED) is 0.297. The molecular formula is C37H34N8O5. The van der Waals surface area contributed by atoms with E-state index in [4.69, 9.17) is 0 Å². The Balaban J connectivity index is 0.905. The lowest BCUT2D eigenvalue weighted by Crippen LogP contribution is -2.54. The minimum Gasteiger partial charge on any atom is -0.370 e. The fraction of sp³-hybridized carbons (Fsp3) is 0.378. The number of hydrogen-bond donors (Lipinski definition) is 2. The molecule has 4 fully saturated rings. The average Bonchev–Trinajstić information content (AvgIpc) is 3.82. The molecule has 1 atom stereocenters. The van der Waals surface area contributed by atoms with Gasteiger partial charge in [0.1, 0.15) is 17.6 Å². The Bertz CT molecular complexity index is 2070. The van der Waals surface area contributed by atoms with Crippen molar-refractivity contribution in [3.8, 4) is 17.9 Å². The summed E-state index contributed by atoms with van der Waals surface area (Å²) < 4.78 is 1.73. The summed E-state index contributed by atoms with van der Waals surface area (Å²) in [7, 11) is 0. The Hall–Kier alpha value is -5.95. The maximum atomic E-state index is 13.7. The standard InChI is InChI=1S/C37H34N8O5/c38-18-25-6-7-26(16-31(25)42-14-1-2-15-42)40-36(50)37(12-3-13-37)44-22-23(19-39-44)4-5-24-20-43(21-24)27-8-9-28-29(17-27)35(49)45(34(28)48)30-10-11-32(46)41-33(30)47/h6-9,16-17,19,22,24,30H,1-3,10-15,20-21H2,(H,40,50)(H,41,46,47). The summed E-state index contributed by atoms with van der Waals surface area (Å²) in [6.07, 6.45) is 8.11. The molecule has 1 saturated carbocycles. The van der Waals surface area contributed by atoms with E-state index in [0.717, 1.165) is 48.6 Å². The van der Waals surface area contributed by atoms with Gasteiger partial charge >= 0.3 is 0 Å². The van der Waals surface area contributed by atoms with E-state index >= 15 is 0 Å². The predicted molar refractivity (Wildman–Crippen MR) is 181 cm³/mol. The first kappa shape index (κ1) is 31.3. The molecule has 252 valence electrons. The second-order valence-electron chi connectivity index (χ2n) is 13.6. The molecule has 3 aromatic rings. The SMILES string of the molecule is N#Cc1ccc(NC(=O)C2(n3cc(C#CC4CN(c5ccc6c(c5)C(=O)N(C5CCC(=O)NC5=O)C6=O)C4)cn3)CCC2)cc1N1CCCC1. The third-order valence-corrected chi connectivity index (χ3v) is 10.5. The number of carbonyl (C=O) groups is 5. The number of nitrogens with zero attached hydrogens (tertiary/aromatic N) is 6. The van der Waals surface area contributed by atoms with Crippen LogP contribution in [0.25, 0.3) is 0 Å². The molecule has 0 spiro atoms. The van der Waals surface area contributed by atoms with Crippen molar-refractivity contribution in [1.82, 2.24) is 20.0 Å². The first-order valence-electron chi connectivity index (χ1n) is 17.0. The molecule has 8 rings (SSSR count). The fourth-order valence-electron chi connectivity index (χ4n) is 7.49. The highest BCUT2D eigenvalue weighted by Gasteiger charge is 2.47. The number of carbonyl (C=O) groups excluding carboxylic acids is 5. The molecule has 1 unspecified atom stereocenters. The van der Waals surface area contributed by atoms with Crippen LogP contribution in [0.15, 0.2) is 48.8 Å². The van der Waals surface area contributed by atoms with Crippen LogP contribution in [0, 0.1) is 29.1 Å². The van der Waals surface area contributed by atoms with E-state index in [1.54, 1.807) is 41.2 Å². The van der Waals surface area contributed by atoms with Gasteiger partial charge in [-0.25, -0.2) is 0 Å². The Morgan fingerprint density at radius 1 is 0.960 bits per heavy atom. The smallest absolute Gasteiger partial charge is 0.262 e. The molecule has 1 aliphatic carbocycles. The zero-order valence-electron chi connectivity index (χ0n) is 27.3. The van der Waals surface area contributed by atoms with Crippen LogP contribution >= 0.6 is 0 Å². The zero-order chi connectivity index (χ0) is 34.6. The molecule has 5 amide bonds. The van der Waals surface area contributed by atoms with Crippen LogP contribution in [0.4, 0.5) is 17.1 Å². The number of nitrogens with one attached hydrogen (secondary N) is 2. The van der Waals surface area contributed by atoms with E-state index in [-0.39, 0.29) is 35.8 Å². The van der Waals surface area contributed by atoms with Crippen molar-refractivity contribution in [3.63, 3.8) is 0 Å². The van der Waals surface area contributed by atoms with Crippen LogP contribution in [-0.2, 0) is 19.9 Å². The third kappa shape index (κ3) is 5.26. The fourth-order valence-corrected chi connectivity index (χ4v) is 7.49. The summed E-state index contributed by atoms with van der Waals surface area (Å²) in [6, 6.07) is 11.8. The molecule has 3 saturated heterocycles. The average molecular weight is 671 g/mol. The number of hydrogen-bond acceptors (Lipinski definition) is 9. The first-order chi connectivity index (χ1) is 24.2. The van der Waals surface area contributed by atoms with Crippen LogP contribution < -0.4 is 20.4 Å². The van der Waals surface area contributed by atoms with Crippen molar-refractivity contribution in [1.29, 1.82) is 5.26 Å². The highest BCUT2D eigenvalue weighted by molar-refractivity contribution is 6.23. The number of aromatic nitrogens is 2. The molecule has 13 nitrogen and oxygen atoms in total. The predicted octanol–water partition coefficient (Wildman–Crippen LogP) is 2.76. The van der Waals surface area contributed by atoms with E-state index in [1.165, 1.54) is 0 Å². The molecule has 13 heteroatoms. The molecule has 50 heavy (non-hydrogen) atoms. The lowest BCUT2D eigenvalue weighted by atomic mass is 9.76. The van der Waals surface area contributed by atoms with Crippen molar-refractivity contribution in [2.24, 2.45) is 5.92 Å². The maximum Gasteiger partial charge on any atom is 0.262 e. The highest BCUT2D eigenvalue weighted by atomic mass is 16.2. The summed E-state index contributed by atoms with van der Waals surface area (Å²) in [4.78, 5) is 69.1. The first-order valence-corrected chi connectivity index (χ1v) is 17.0. The molecule has 5 heterocycles. The largest absolute Gasteiger partial charge is 0.370 e. The summed E-state index contributed by atoms with van der Waals surface area (Å²) in [6.45, 7) is 3.07. The molecule has 0 bridgehead atoms. The summed E-state index contributed by atoms with van der Waals surface area (Å²) >= 11 is 0. The van der Waals surface area contributed by atoms with Crippen molar-refractivity contribution in [3.05, 3.63) is 71.0 Å². The lowest BCUT2D eigenvalue weighted by Gasteiger charge is -2.40. The van der Waals surface area contributed by atoms with Crippen LogP contribution in [0.3, 0.4) is 0 Å². The van der Waals surface area contributed by atoms with Gasteiger partial charge in [0.15, 0.2) is 0 Å². The van der Waals surface area contributed by atoms with Crippen LogP contribution in [0.2, 0.25) is 0 Å². The third-order valence-electron chi connectivity index (χ3n) is 10.5. The number of benzene rings is 2. The van der Waals surface area contributed by atoms with Gasteiger partial charge in [-0.1, -0.05) is 11.8 Å². The van der Waals surface area contributed by atoms with Gasteiger partial charge in [0, 0.05) is 50.2 Å². The van der Waals surface area contributed by atoms with Gasteiger partial charge in [-0.2, -0.15) is 10.4 Å².